The number of hydrogen-bond acceptors (Lipinski definition) is 5. The lowest BCUT2D eigenvalue weighted by molar-refractivity contribution is -0.143. The summed E-state index contributed by atoms with van der Waals surface area (Å²) in [6, 6.07) is -0.633. The summed E-state index contributed by atoms with van der Waals surface area (Å²) in [5.41, 5.74) is 0. The monoisotopic (exact) mass is 1000 g/mol. The summed E-state index contributed by atoms with van der Waals surface area (Å²) in [4.78, 5) is 24.6. The third kappa shape index (κ3) is 57.5. The zero-order chi connectivity index (χ0) is 51.4. The number of aliphatic hydroxyl groups excluding tert-OH is 2. The number of carbonyl (C=O) groups is 2. The molecule has 0 heterocycles. The van der Waals surface area contributed by atoms with E-state index in [-0.39, 0.29) is 18.5 Å². The second-order valence-corrected chi connectivity index (χ2v) is 22.1. The molecule has 71 heavy (non-hydrogen) atoms. The Kier molecular flexibility index (Phi) is 59.5. The van der Waals surface area contributed by atoms with Crippen LogP contribution in [0.5, 0.6) is 0 Å². The van der Waals surface area contributed by atoms with E-state index < -0.39 is 12.1 Å². The molecule has 0 aromatic heterocycles. The van der Waals surface area contributed by atoms with Crippen LogP contribution in [-0.2, 0) is 14.3 Å². The molecule has 1 amide bonds. The van der Waals surface area contributed by atoms with Crippen molar-refractivity contribution in [2.24, 2.45) is 0 Å². The van der Waals surface area contributed by atoms with Gasteiger partial charge in [-0.3, -0.25) is 9.59 Å². The van der Waals surface area contributed by atoms with Crippen molar-refractivity contribution in [3.05, 3.63) is 24.3 Å². The van der Waals surface area contributed by atoms with Crippen molar-refractivity contribution >= 4 is 11.9 Å². The van der Waals surface area contributed by atoms with E-state index >= 15 is 0 Å². The van der Waals surface area contributed by atoms with Crippen molar-refractivity contribution in [2.45, 2.75) is 366 Å². The minimum atomic E-state index is -0.849. The van der Waals surface area contributed by atoms with Crippen molar-refractivity contribution in [1.82, 2.24) is 5.32 Å². The van der Waals surface area contributed by atoms with Crippen LogP contribution < -0.4 is 5.32 Å². The molecule has 420 valence electrons. The van der Waals surface area contributed by atoms with E-state index in [4.69, 9.17) is 4.74 Å². The van der Waals surface area contributed by atoms with Gasteiger partial charge in [0.1, 0.15) is 0 Å². The number of carbonyl (C=O) groups excluding carboxylic acids is 2. The zero-order valence-corrected chi connectivity index (χ0v) is 48.0. The van der Waals surface area contributed by atoms with Gasteiger partial charge in [-0.2, -0.15) is 0 Å². The summed E-state index contributed by atoms with van der Waals surface area (Å²) < 4.78 is 5.50. The molecular formula is C65H125NO5. The van der Waals surface area contributed by atoms with Crippen LogP contribution in [0.1, 0.15) is 354 Å². The normalized spacial score (nSPS) is 12.7. The highest BCUT2D eigenvalue weighted by Crippen LogP contribution is 2.18. The quantitative estimate of drug-likeness (QED) is 0.0320. The Labute approximate surface area is 443 Å². The predicted octanol–water partition coefficient (Wildman–Crippen LogP) is 20.2. The topological polar surface area (TPSA) is 95.9 Å². The van der Waals surface area contributed by atoms with Gasteiger partial charge < -0.3 is 20.3 Å². The third-order valence-electron chi connectivity index (χ3n) is 15.0. The van der Waals surface area contributed by atoms with Crippen LogP contribution in [0, 0.1) is 0 Å². The highest BCUT2D eigenvalue weighted by Gasteiger charge is 2.18. The molecule has 0 aromatic rings. The molecule has 0 aliphatic heterocycles. The lowest BCUT2D eigenvalue weighted by Gasteiger charge is -2.20. The number of aliphatic hydroxyl groups is 2. The molecule has 6 nitrogen and oxygen atoms in total. The Morgan fingerprint density at radius 2 is 0.662 bits per heavy atom. The van der Waals surface area contributed by atoms with Gasteiger partial charge >= 0.3 is 5.97 Å². The summed E-state index contributed by atoms with van der Waals surface area (Å²) in [5.74, 6) is -0.0616. The molecule has 6 heteroatoms. The summed E-state index contributed by atoms with van der Waals surface area (Å²) in [7, 11) is 0. The Morgan fingerprint density at radius 1 is 0.380 bits per heavy atom. The minimum Gasteiger partial charge on any atom is -0.466 e. The predicted molar refractivity (Wildman–Crippen MR) is 310 cm³/mol. The van der Waals surface area contributed by atoms with Crippen molar-refractivity contribution in [3.8, 4) is 0 Å². The standard InChI is InChI=1S/C65H125NO5/c1-3-5-7-9-11-13-15-17-19-26-31-35-39-43-47-51-55-59-65(70)71-60-56-52-48-44-40-36-32-28-25-23-21-22-24-27-30-34-38-42-46-50-54-58-64(69)66-62(61-67)63(68)57-53-49-45-41-37-33-29-20-18-16-14-12-10-8-6-4-2/h22,24,53,57,62-63,67-68H,3-21,23,25-52,54-56,58-61H2,1-2H3,(H,66,69)/b24-22-,57-53+. The average molecular weight is 1000 g/mol. The van der Waals surface area contributed by atoms with Gasteiger partial charge in [-0.05, 0) is 57.8 Å². The molecule has 0 aliphatic carbocycles. The zero-order valence-electron chi connectivity index (χ0n) is 48.0. The number of nitrogens with one attached hydrogen (secondary N) is 1. The number of esters is 1. The summed E-state index contributed by atoms with van der Waals surface area (Å²) in [5, 5.41) is 23.1. The lowest BCUT2D eigenvalue weighted by Crippen LogP contribution is -2.45. The van der Waals surface area contributed by atoms with E-state index in [9.17, 15) is 19.8 Å². The van der Waals surface area contributed by atoms with Crippen LogP contribution in [0.2, 0.25) is 0 Å². The fourth-order valence-corrected chi connectivity index (χ4v) is 10.0. The minimum absolute atomic E-state index is 0.0120. The van der Waals surface area contributed by atoms with Crippen LogP contribution in [0.3, 0.4) is 0 Å². The van der Waals surface area contributed by atoms with Gasteiger partial charge in [0.15, 0.2) is 0 Å². The van der Waals surface area contributed by atoms with Gasteiger partial charge in [0.2, 0.25) is 5.91 Å². The number of rotatable bonds is 60. The summed E-state index contributed by atoms with van der Waals surface area (Å²) in [6.07, 6.45) is 75.1. The molecule has 0 spiro atoms. The number of amides is 1. The molecule has 0 aromatic carbocycles. The van der Waals surface area contributed by atoms with Gasteiger partial charge in [-0.1, -0.05) is 308 Å². The Morgan fingerprint density at radius 3 is 1.00 bits per heavy atom. The molecule has 0 fully saturated rings. The van der Waals surface area contributed by atoms with Gasteiger partial charge in [-0.25, -0.2) is 0 Å². The number of ether oxygens (including phenoxy) is 1. The first kappa shape index (κ1) is 69.3. The first-order chi connectivity index (χ1) is 35.0. The third-order valence-corrected chi connectivity index (χ3v) is 15.0. The van der Waals surface area contributed by atoms with E-state index in [1.807, 2.05) is 6.08 Å². The van der Waals surface area contributed by atoms with E-state index in [2.05, 4.69) is 31.3 Å². The molecule has 2 unspecified atom stereocenters. The molecule has 0 rings (SSSR count). The Balaban J connectivity index is 3.42. The smallest absolute Gasteiger partial charge is 0.305 e. The van der Waals surface area contributed by atoms with E-state index in [1.54, 1.807) is 6.08 Å². The molecule has 2 atom stereocenters. The maximum Gasteiger partial charge on any atom is 0.305 e. The maximum atomic E-state index is 12.5. The first-order valence-electron chi connectivity index (χ1n) is 32.1. The highest BCUT2D eigenvalue weighted by molar-refractivity contribution is 5.76. The fourth-order valence-electron chi connectivity index (χ4n) is 10.0. The van der Waals surface area contributed by atoms with Gasteiger partial charge in [-0.15, -0.1) is 0 Å². The van der Waals surface area contributed by atoms with Crippen LogP contribution in [0.25, 0.3) is 0 Å². The van der Waals surface area contributed by atoms with Crippen LogP contribution in [0.4, 0.5) is 0 Å². The van der Waals surface area contributed by atoms with Crippen LogP contribution >= 0.6 is 0 Å². The molecule has 0 saturated carbocycles. The molecule has 0 bridgehead atoms. The number of hydrogen-bond donors (Lipinski definition) is 3. The molecular weight excluding hydrogens is 875 g/mol. The fraction of sp³-hybridized carbons (Fsp3) is 0.908. The summed E-state index contributed by atoms with van der Waals surface area (Å²) >= 11 is 0. The van der Waals surface area contributed by atoms with Gasteiger partial charge in [0, 0.05) is 12.8 Å². The van der Waals surface area contributed by atoms with Gasteiger partial charge in [0.25, 0.3) is 0 Å². The first-order valence-corrected chi connectivity index (χ1v) is 32.1. The summed E-state index contributed by atoms with van der Waals surface area (Å²) in [6.45, 7) is 4.92. The lowest BCUT2D eigenvalue weighted by atomic mass is 10.0. The van der Waals surface area contributed by atoms with Crippen molar-refractivity contribution < 1.29 is 24.5 Å². The van der Waals surface area contributed by atoms with Crippen molar-refractivity contribution in [2.75, 3.05) is 13.2 Å². The SMILES string of the molecule is CCCCCCCCCCCCCCCC/C=C/C(O)C(CO)NC(=O)CCCCCCCCC/C=C\CCCCCCCCCCCCOC(=O)CCCCCCCCCCCCCCCCCCC. The van der Waals surface area contributed by atoms with Crippen molar-refractivity contribution in [3.63, 3.8) is 0 Å². The molecule has 3 N–H and O–H groups in total. The van der Waals surface area contributed by atoms with Crippen LogP contribution in [0.15, 0.2) is 24.3 Å². The number of unbranched alkanes of at least 4 members (excludes halogenated alkanes) is 47. The van der Waals surface area contributed by atoms with E-state index in [1.165, 1.54) is 283 Å². The van der Waals surface area contributed by atoms with E-state index in [0.717, 1.165) is 44.9 Å². The Bertz CT molecular complexity index is 1110. The number of allylic oxidation sites excluding steroid dienone is 3. The highest BCUT2D eigenvalue weighted by atomic mass is 16.5. The second kappa shape index (κ2) is 60.9. The molecule has 0 saturated heterocycles. The van der Waals surface area contributed by atoms with Crippen molar-refractivity contribution in [1.29, 1.82) is 0 Å². The van der Waals surface area contributed by atoms with Gasteiger partial charge in [0.05, 0.1) is 25.4 Å². The average Bonchev–Trinajstić information content (AvgIpc) is 3.37. The molecule has 0 aliphatic rings. The maximum absolute atomic E-state index is 12.5. The van der Waals surface area contributed by atoms with E-state index in [0.29, 0.717) is 19.4 Å². The molecule has 0 radical (unpaired) electrons. The van der Waals surface area contributed by atoms with Crippen LogP contribution in [-0.4, -0.2) is 47.4 Å². The second-order valence-electron chi connectivity index (χ2n) is 22.1. The Hall–Kier alpha value is -1.66. The largest absolute Gasteiger partial charge is 0.466 e.